The van der Waals surface area contributed by atoms with Crippen LogP contribution in [0.2, 0.25) is 5.02 Å². The van der Waals surface area contributed by atoms with E-state index >= 15 is 0 Å². The fourth-order valence-corrected chi connectivity index (χ4v) is 3.05. The summed E-state index contributed by atoms with van der Waals surface area (Å²) in [5, 5.41) is 19.9. The van der Waals surface area contributed by atoms with Gasteiger partial charge in [0, 0.05) is 18.1 Å². The molecule has 0 saturated heterocycles. The number of ether oxygens (including phenoxy) is 2. The zero-order valence-electron chi connectivity index (χ0n) is 14.8. The summed E-state index contributed by atoms with van der Waals surface area (Å²) in [5.41, 5.74) is 0.203. The Balaban J connectivity index is 2.49. The summed E-state index contributed by atoms with van der Waals surface area (Å²) in [6, 6.07) is 1.22. The van der Waals surface area contributed by atoms with Gasteiger partial charge in [0.1, 0.15) is 17.1 Å². The molecule has 2 atom stereocenters. The predicted molar refractivity (Wildman–Crippen MR) is 96.9 cm³/mol. The van der Waals surface area contributed by atoms with Gasteiger partial charge in [0.25, 0.3) is 0 Å². The van der Waals surface area contributed by atoms with Crippen molar-refractivity contribution >= 4 is 23.4 Å². The maximum Gasteiger partial charge on any atom is 0.342 e. The molecule has 2 unspecified atom stereocenters. The Hall–Kier alpha value is -2.05. The van der Waals surface area contributed by atoms with Crippen molar-refractivity contribution in [3.05, 3.63) is 34.4 Å². The van der Waals surface area contributed by atoms with Gasteiger partial charge in [-0.1, -0.05) is 17.7 Å². The van der Waals surface area contributed by atoms with Crippen LogP contribution in [0.3, 0.4) is 0 Å². The van der Waals surface area contributed by atoms with Crippen molar-refractivity contribution in [3.8, 4) is 11.5 Å². The number of carbonyl (C=O) groups is 2. The third-order valence-corrected chi connectivity index (χ3v) is 4.69. The van der Waals surface area contributed by atoms with E-state index in [-0.39, 0.29) is 39.9 Å². The van der Waals surface area contributed by atoms with E-state index in [0.717, 1.165) is 0 Å². The van der Waals surface area contributed by atoms with Crippen LogP contribution in [-0.4, -0.2) is 41.3 Å². The minimum Gasteiger partial charge on any atom is -0.506 e. The highest BCUT2D eigenvalue weighted by Crippen LogP contribution is 2.38. The van der Waals surface area contributed by atoms with Crippen molar-refractivity contribution in [1.29, 1.82) is 0 Å². The van der Waals surface area contributed by atoms with E-state index in [1.165, 1.54) is 19.3 Å². The SMILES string of the molecule is COc1cc(O)c(Cl)c2c1C(=O)OC(C)CCC(O)CCC=CC(=O)C2. The Morgan fingerprint density at radius 3 is 2.69 bits per heavy atom. The first-order valence-electron chi connectivity index (χ1n) is 8.50. The van der Waals surface area contributed by atoms with Crippen LogP contribution in [0.15, 0.2) is 18.2 Å². The summed E-state index contributed by atoms with van der Waals surface area (Å²) in [7, 11) is 1.35. The van der Waals surface area contributed by atoms with Crippen LogP contribution in [0.1, 0.15) is 48.5 Å². The number of carbonyl (C=O) groups excluding carboxylic acids is 2. The summed E-state index contributed by atoms with van der Waals surface area (Å²) in [6.45, 7) is 1.73. The van der Waals surface area contributed by atoms with Crippen LogP contribution in [0.25, 0.3) is 0 Å². The Bertz CT molecular complexity index is 712. The third kappa shape index (κ3) is 4.99. The lowest BCUT2D eigenvalue weighted by molar-refractivity contribution is -0.114. The zero-order valence-corrected chi connectivity index (χ0v) is 15.6. The van der Waals surface area contributed by atoms with Gasteiger partial charge in [-0.2, -0.15) is 0 Å². The standard InChI is InChI=1S/C19H23ClO6/c1-11-7-8-12(21)5-3-4-6-13(22)9-14-17(19(24)26-11)16(25-2)10-15(23)18(14)20/h4,6,10-12,21,23H,3,5,7-9H2,1-2H3. The van der Waals surface area contributed by atoms with Crippen LogP contribution in [0.4, 0.5) is 0 Å². The summed E-state index contributed by atoms with van der Waals surface area (Å²) < 4.78 is 10.6. The Morgan fingerprint density at radius 1 is 1.27 bits per heavy atom. The molecule has 142 valence electrons. The predicted octanol–water partition coefficient (Wildman–Crippen LogP) is 3.20. The van der Waals surface area contributed by atoms with Gasteiger partial charge in [0.2, 0.25) is 0 Å². The van der Waals surface area contributed by atoms with E-state index in [4.69, 9.17) is 21.1 Å². The average Bonchev–Trinajstić information content (AvgIpc) is 2.59. The summed E-state index contributed by atoms with van der Waals surface area (Å²) in [4.78, 5) is 24.9. The highest BCUT2D eigenvalue weighted by molar-refractivity contribution is 6.33. The first kappa shape index (κ1) is 20.3. The van der Waals surface area contributed by atoms with E-state index in [1.54, 1.807) is 13.0 Å². The molecule has 1 heterocycles. The van der Waals surface area contributed by atoms with Gasteiger partial charge in [-0.15, -0.1) is 0 Å². The van der Waals surface area contributed by atoms with Gasteiger partial charge in [0.15, 0.2) is 5.78 Å². The van der Waals surface area contributed by atoms with Gasteiger partial charge in [-0.25, -0.2) is 4.79 Å². The molecule has 1 aromatic carbocycles. The molecule has 0 aromatic heterocycles. The zero-order chi connectivity index (χ0) is 19.3. The summed E-state index contributed by atoms with van der Waals surface area (Å²) in [6.07, 6.45) is 4.01. The first-order valence-corrected chi connectivity index (χ1v) is 8.88. The molecule has 0 saturated carbocycles. The minimum atomic E-state index is -0.686. The molecule has 0 spiro atoms. The van der Waals surface area contributed by atoms with E-state index < -0.39 is 18.2 Å². The Kier molecular flexibility index (Phi) is 7.06. The van der Waals surface area contributed by atoms with Crippen LogP contribution in [0.5, 0.6) is 11.5 Å². The quantitative estimate of drug-likeness (QED) is 0.724. The molecule has 7 heteroatoms. The molecule has 0 fully saturated rings. The molecule has 0 aliphatic carbocycles. The number of fused-ring (bicyclic) bond motifs is 1. The summed E-state index contributed by atoms with van der Waals surface area (Å²) in [5.74, 6) is -1.16. The number of halogens is 1. The van der Waals surface area contributed by atoms with Crippen LogP contribution < -0.4 is 4.74 Å². The van der Waals surface area contributed by atoms with Crippen molar-refractivity contribution in [3.63, 3.8) is 0 Å². The number of cyclic esters (lactones) is 1. The van der Waals surface area contributed by atoms with Crippen LogP contribution >= 0.6 is 11.6 Å². The maximum atomic E-state index is 12.7. The number of phenolic OH excluding ortho intramolecular Hbond substituents is 1. The van der Waals surface area contributed by atoms with Crippen LogP contribution in [0, 0.1) is 0 Å². The van der Waals surface area contributed by atoms with E-state index in [1.807, 2.05) is 0 Å². The second-order valence-corrected chi connectivity index (χ2v) is 6.71. The molecular formula is C19H23ClO6. The number of rotatable bonds is 1. The fourth-order valence-electron chi connectivity index (χ4n) is 2.83. The van der Waals surface area contributed by atoms with Crippen molar-refractivity contribution < 1.29 is 29.3 Å². The highest BCUT2D eigenvalue weighted by Gasteiger charge is 2.26. The Morgan fingerprint density at radius 2 is 2.00 bits per heavy atom. The monoisotopic (exact) mass is 382 g/mol. The molecule has 0 radical (unpaired) electrons. The number of hydrogen-bond acceptors (Lipinski definition) is 6. The highest BCUT2D eigenvalue weighted by atomic mass is 35.5. The minimum absolute atomic E-state index is 0.0292. The Labute approximate surface area is 157 Å². The second kappa shape index (κ2) is 9.05. The molecular weight excluding hydrogens is 360 g/mol. The van der Waals surface area contributed by atoms with Crippen molar-refractivity contribution in [2.75, 3.05) is 7.11 Å². The molecule has 1 aliphatic rings. The number of hydrogen-bond donors (Lipinski definition) is 2. The first-order chi connectivity index (χ1) is 12.3. The number of aliphatic hydroxyl groups excluding tert-OH is 1. The smallest absolute Gasteiger partial charge is 0.342 e. The number of ketones is 1. The average molecular weight is 383 g/mol. The van der Waals surface area contributed by atoms with Crippen molar-refractivity contribution in [2.45, 2.75) is 51.2 Å². The topological polar surface area (TPSA) is 93.1 Å². The number of methoxy groups -OCH3 is 1. The lowest BCUT2D eigenvalue weighted by atomic mass is 9.99. The van der Waals surface area contributed by atoms with Gasteiger partial charge in [0.05, 0.1) is 24.3 Å². The molecule has 2 rings (SSSR count). The van der Waals surface area contributed by atoms with E-state index in [9.17, 15) is 19.8 Å². The lowest BCUT2D eigenvalue weighted by Gasteiger charge is -2.19. The molecule has 0 bridgehead atoms. The molecule has 1 aromatic rings. The second-order valence-electron chi connectivity index (χ2n) is 6.34. The molecule has 0 amide bonds. The number of allylic oxidation sites excluding steroid dienone is 2. The number of benzene rings is 1. The molecule has 1 aliphatic heterocycles. The van der Waals surface area contributed by atoms with Crippen molar-refractivity contribution in [2.24, 2.45) is 0 Å². The van der Waals surface area contributed by atoms with Gasteiger partial charge < -0.3 is 19.7 Å². The third-order valence-electron chi connectivity index (χ3n) is 4.27. The molecule has 26 heavy (non-hydrogen) atoms. The molecule has 2 N–H and O–H groups in total. The number of phenols is 1. The van der Waals surface area contributed by atoms with Gasteiger partial charge >= 0.3 is 5.97 Å². The fraction of sp³-hybridized carbons (Fsp3) is 0.474. The summed E-state index contributed by atoms with van der Waals surface area (Å²) >= 11 is 6.15. The normalized spacial score (nSPS) is 22.3. The number of aromatic hydroxyl groups is 1. The van der Waals surface area contributed by atoms with E-state index in [0.29, 0.717) is 25.7 Å². The maximum absolute atomic E-state index is 12.7. The largest absolute Gasteiger partial charge is 0.506 e. The van der Waals surface area contributed by atoms with E-state index in [2.05, 4.69) is 0 Å². The number of esters is 1. The molecule has 6 nitrogen and oxygen atoms in total. The lowest BCUT2D eigenvalue weighted by Crippen LogP contribution is -2.20. The number of aliphatic hydroxyl groups is 1. The van der Waals surface area contributed by atoms with Gasteiger partial charge in [-0.05, 0) is 38.7 Å². The van der Waals surface area contributed by atoms with Crippen molar-refractivity contribution in [1.82, 2.24) is 0 Å². The van der Waals surface area contributed by atoms with Gasteiger partial charge in [-0.3, -0.25) is 4.79 Å². The van der Waals surface area contributed by atoms with Crippen LogP contribution in [-0.2, 0) is 16.0 Å².